The van der Waals surface area contributed by atoms with Gasteiger partial charge in [0, 0.05) is 11.6 Å². The molecule has 3 heteroatoms. The maximum absolute atomic E-state index is 11.6. The Hall–Kier alpha value is -1.90. The molecule has 0 saturated carbocycles. The number of esters is 1. The van der Waals surface area contributed by atoms with Gasteiger partial charge in [0.25, 0.3) is 0 Å². The number of carbonyl (C=O) groups is 2. The van der Waals surface area contributed by atoms with Crippen molar-refractivity contribution in [1.29, 1.82) is 0 Å². The van der Waals surface area contributed by atoms with Gasteiger partial charge in [-0.05, 0) is 26.8 Å². The van der Waals surface area contributed by atoms with E-state index in [2.05, 4.69) is 0 Å². The predicted molar refractivity (Wildman–Crippen MR) is 65.8 cm³/mol. The van der Waals surface area contributed by atoms with E-state index in [0.29, 0.717) is 5.56 Å². The van der Waals surface area contributed by atoms with Crippen molar-refractivity contribution in [3.05, 3.63) is 48.0 Å². The van der Waals surface area contributed by atoms with Crippen LogP contribution >= 0.6 is 0 Å². The summed E-state index contributed by atoms with van der Waals surface area (Å²) in [5.41, 5.74) is 0.00401. The SMILES string of the molecule is CC(C)(C)OC(=O)C=CC(=O)c1ccccc1. The van der Waals surface area contributed by atoms with E-state index in [1.54, 1.807) is 45.0 Å². The van der Waals surface area contributed by atoms with Crippen LogP contribution in [-0.4, -0.2) is 17.4 Å². The Kier molecular flexibility index (Phi) is 4.21. The first-order valence-electron chi connectivity index (χ1n) is 5.39. The molecule has 0 spiro atoms. The quantitative estimate of drug-likeness (QED) is 0.457. The Morgan fingerprint density at radius 3 is 2.18 bits per heavy atom. The average molecular weight is 232 g/mol. The molecule has 17 heavy (non-hydrogen) atoms. The van der Waals surface area contributed by atoms with Gasteiger partial charge < -0.3 is 4.74 Å². The second-order valence-corrected chi connectivity index (χ2v) is 4.60. The summed E-state index contributed by atoms with van der Waals surface area (Å²) in [6.45, 7) is 5.33. The molecule has 90 valence electrons. The lowest BCUT2D eigenvalue weighted by atomic mass is 10.1. The van der Waals surface area contributed by atoms with Crippen LogP contribution in [0.3, 0.4) is 0 Å². The van der Waals surface area contributed by atoms with Crippen molar-refractivity contribution in [3.63, 3.8) is 0 Å². The smallest absolute Gasteiger partial charge is 0.331 e. The minimum Gasteiger partial charge on any atom is -0.457 e. The van der Waals surface area contributed by atoms with E-state index in [1.165, 1.54) is 6.08 Å². The summed E-state index contributed by atoms with van der Waals surface area (Å²) in [5.74, 6) is -0.724. The lowest BCUT2D eigenvalue weighted by Crippen LogP contribution is -2.22. The van der Waals surface area contributed by atoms with E-state index < -0.39 is 11.6 Å². The van der Waals surface area contributed by atoms with Gasteiger partial charge >= 0.3 is 5.97 Å². The molecule has 0 aliphatic rings. The Bertz CT molecular complexity index is 425. The molecule has 1 aromatic rings. The molecule has 0 radical (unpaired) electrons. The molecule has 0 saturated heterocycles. The molecule has 0 aliphatic carbocycles. The van der Waals surface area contributed by atoms with Crippen LogP contribution in [0.25, 0.3) is 0 Å². The molecular weight excluding hydrogens is 216 g/mol. The van der Waals surface area contributed by atoms with E-state index in [1.807, 2.05) is 6.07 Å². The Morgan fingerprint density at radius 2 is 1.65 bits per heavy atom. The molecule has 1 rings (SSSR count). The predicted octanol–water partition coefficient (Wildman–Crippen LogP) is 2.77. The molecule has 0 bridgehead atoms. The van der Waals surface area contributed by atoms with Gasteiger partial charge in [0.15, 0.2) is 5.78 Å². The van der Waals surface area contributed by atoms with Gasteiger partial charge in [0.05, 0.1) is 0 Å². The zero-order valence-corrected chi connectivity index (χ0v) is 10.3. The van der Waals surface area contributed by atoms with Crippen molar-refractivity contribution in [2.45, 2.75) is 26.4 Å². The van der Waals surface area contributed by atoms with E-state index in [9.17, 15) is 9.59 Å². The summed E-state index contributed by atoms with van der Waals surface area (Å²) in [4.78, 5) is 23.0. The third kappa shape index (κ3) is 5.11. The normalized spacial score (nSPS) is 11.5. The number of rotatable bonds is 3. The Morgan fingerprint density at radius 1 is 1.06 bits per heavy atom. The highest BCUT2D eigenvalue weighted by molar-refractivity contribution is 6.06. The minimum absolute atomic E-state index is 0.212. The number of carbonyl (C=O) groups excluding carboxylic acids is 2. The van der Waals surface area contributed by atoms with Crippen LogP contribution in [0.1, 0.15) is 31.1 Å². The van der Waals surface area contributed by atoms with Crippen LogP contribution < -0.4 is 0 Å². The monoisotopic (exact) mass is 232 g/mol. The lowest BCUT2D eigenvalue weighted by molar-refractivity contribution is -0.148. The molecule has 0 unspecified atom stereocenters. The van der Waals surface area contributed by atoms with Crippen molar-refractivity contribution in [2.24, 2.45) is 0 Å². The van der Waals surface area contributed by atoms with Gasteiger partial charge in [0.1, 0.15) is 5.60 Å². The first kappa shape index (κ1) is 13.2. The van der Waals surface area contributed by atoms with Gasteiger partial charge in [-0.15, -0.1) is 0 Å². The second kappa shape index (κ2) is 5.43. The summed E-state index contributed by atoms with van der Waals surface area (Å²) in [5, 5.41) is 0. The minimum atomic E-state index is -0.544. The van der Waals surface area contributed by atoms with Crippen LogP contribution in [0.15, 0.2) is 42.5 Å². The molecule has 1 aromatic carbocycles. The van der Waals surface area contributed by atoms with Crippen LogP contribution in [0.5, 0.6) is 0 Å². The van der Waals surface area contributed by atoms with Gasteiger partial charge in [-0.25, -0.2) is 4.79 Å². The molecule has 0 atom stereocenters. The molecule has 0 N–H and O–H groups in total. The third-order valence-electron chi connectivity index (χ3n) is 1.84. The van der Waals surface area contributed by atoms with Crippen molar-refractivity contribution in [2.75, 3.05) is 0 Å². The van der Waals surface area contributed by atoms with Crippen molar-refractivity contribution < 1.29 is 14.3 Å². The highest BCUT2D eigenvalue weighted by Gasteiger charge is 2.14. The number of allylic oxidation sites excluding steroid dienone is 1. The fraction of sp³-hybridized carbons (Fsp3) is 0.286. The van der Waals surface area contributed by atoms with E-state index in [0.717, 1.165) is 6.08 Å². The number of hydrogen-bond acceptors (Lipinski definition) is 3. The Balaban J connectivity index is 2.61. The number of hydrogen-bond donors (Lipinski definition) is 0. The fourth-order valence-electron chi connectivity index (χ4n) is 1.18. The second-order valence-electron chi connectivity index (χ2n) is 4.60. The molecule has 0 fully saturated rings. The molecule has 0 heterocycles. The first-order valence-corrected chi connectivity index (χ1v) is 5.39. The maximum Gasteiger partial charge on any atom is 0.331 e. The first-order chi connectivity index (χ1) is 7.88. The van der Waals surface area contributed by atoms with Crippen LogP contribution in [0.2, 0.25) is 0 Å². The topological polar surface area (TPSA) is 43.4 Å². The molecule has 3 nitrogen and oxygen atoms in total. The van der Waals surface area contributed by atoms with E-state index in [4.69, 9.17) is 4.74 Å². The van der Waals surface area contributed by atoms with Crippen molar-refractivity contribution in [1.82, 2.24) is 0 Å². The lowest BCUT2D eigenvalue weighted by Gasteiger charge is -2.17. The van der Waals surface area contributed by atoms with Crippen LogP contribution in [0, 0.1) is 0 Å². The van der Waals surface area contributed by atoms with Crippen LogP contribution in [-0.2, 0) is 9.53 Å². The summed E-state index contributed by atoms with van der Waals surface area (Å²) in [6, 6.07) is 8.76. The number of benzene rings is 1. The summed E-state index contributed by atoms with van der Waals surface area (Å²) in [7, 11) is 0. The van der Waals surface area contributed by atoms with Crippen molar-refractivity contribution >= 4 is 11.8 Å². The molecular formula is C14H16O3. The summed E-state index contributed by atoms with van der Waals surface area (Å²) < 4.78 is 5.05. The zero-order chi connectivity index (χ0) is 12.9. The van der Waals surface area contributed by atoms with E-state index >= 15 is 0 Å². The van der Waals surface area contributed by atoms with Crippen molar-refractivity contribution in [3.8, 4) is 0 Å². The Labute approximate surface area is 101 Å². The number of ether oxygens (including phenoxy) is 1. The molecule has 0 aromatic heterocycles. The summed E-state index contributed by atoms with van der Waals surface area (Å²) >= 11 is 0. The molecule has 0 aliphatic heterocycles. The average Bonchev–Trinajstić information content (AvgIpc) is 2.25. The standard InChI is InChI=1S/C14H16O3/c1-14(2,3)17-13(16)10-9-12(15)11-7-5-4-6-8-11/h4-10H,1-3H3. The maximum atomic E-state index is 11.6. The summed E-state index contributed by atoms with van der Waals surface area (Å²) in [6.07, 6.45) is 2.38. The van der Waals surface area contributed by atoms with Crippen LogP contribution in [0.4, 0.5) is 0 Å². The third-order valence-corrected chi connectivity index (χ3v) is 1.84. The largest absolute Gasteiger partial charge is 0.457 e. The van der Waals surface area contributed by atoms with Gasteiger partial charge in [-0.3, -0.25) is 4.79 Å². The fourth-order valence-corrected chi connectivity index (χ4v) is 1.18. The van der Waals surface area contributed by atoms with Gasteiger partial charge in [0.2, 0.25) is 0 Å². The van der Waals surface area contributed by atoms with E-state index in [-0.39, 0.29) is 5.78 Å². The van der Waals surface area contributed by atoms with Gasteiger partial charge in [-0.1, -0.05) is 30.3 Å². The zero-order valence-electron chi connectivity index (χ0n) is 10.3. The highest BCUT2D eigenvalue weighted by Crippen LogP contribution is 2.07. The van der Waals surface area contributed by atoms with Gasteiger partial charge in [-0.2, -0.15) is 0 Å². The highest BCUT2D eigenvalue weighted by atomic mass is 16.6. The number of ketones is 1. The molecule has 0 amide bonds.